The summed E-state index contributed by atoms with van der Waals surface area (Å²) in [6, 6.07) is 14.8. The molecular weight excluding hydrogens is 352 g/mol. The molecule has 0 amide bonds. The maximum atomic E-state index is 11.1. The molecule has 0 atom stereocenters. The highest BCUT2D eigenvalue weighted by Crippen LogP contribution is 2.36. The summed E-state index contributed by atoms with van der Waals surface area (Å²) in [4.78, 5) is 16.3. The van der Waals surface area contributed by atoms with Crippen molar-refractivity contribution >= 4 is 28.1 Å². The van der Waals surface area contributed by atoms with Crippen molar-refractivity contribution in [2.24, 2.45) is 0 Å². The molecule has 0 aliphatic rings. The van der Waals surface area contributed by atoms with E-state index in [-0.39, 0.29) is 6.42 Å². The third-order valence-corrected chi connectivity index (χ3v) is 4.67. The summed E-state index contributed by atoms with van der Waals surface area (Å²) in [6.45, 7) is 0. The van der Waals surface area contributed by atoms with Crippen molar-refractivity contribution in [3.63, 3.8) is 0 Å². The van der Waals surface area contributed by atoms with Crippen LogP contribution in [-0.2, 0) is 11.2 Å². The summed E-state index contributed by atoms with van der Waals surface area (Å²) in [5.74, 6) is 0.135. The molecule has 26 heavy (non-hydrogen) atoms. The quantitative estimate of drug-likeness (QED) is 0.689. The molecule has 0 saturated heterocycles. The number of thiazole rings is 1. The van der Waals surface area contributed by atoms with E-state index in [1.165, 1.54) is 11.3 Å². The lowest BCUT2D eigenvalue weighted by atomic mass is 10.1. The van der Waals surface area contributed by atoms with Crippen LogP contribution in [0.4, 0.5) is 10.8 Å². The zero-order valence-electron chi connectivity index (χ0n) is 14.3. The number of nitrogens with zero attached hydrogens (tertiary/aromatic N) is 1. The largest absolute Gasteiger partial charge is 0.550 e. The minimum Gasteiger partial charge on any atom is -0.550 e. The third-order valence-electron chi connectivity index (χ3n) is 3.70. The van der Waals surface area contributed by atoms with E-state index in [9.17, 15) is 9.90 Å². The molecule has 3 rings (SSSR count). The predicted molar refractivity (Wildman–Crippen MR) is 99.1 cm³/mol. The molecule has 0 radical (unpaired) electrons. The second kappa shape index (κ2) is 7.88. The lowest BCUT2D eigenvalue weighted by Gasteiger charge is -2.10. The van der Waals surface area contributed by atoms with Crippen molar-refractivity contribution < 1.29 is 19.4 Å². The number of carboxylic acids is 1. The molecule has 0 aliphatic heterocycles. The zero-order chi connectivity index (χ0) is 18.5. The van der Waals surface area contributed by atoms with Crippen LogP contribution in [0.25, 0.3) is 11.3 Å². The minimum absolute atomic E-state index is 0.191. The Labute approximate surface area is 155 Å². The number of carbonyl (C=O) groups is 1. The molecule has 0 bridgehead atoms. The first kappa shape index (κ1) is 17.8. The van der Waals surface area contributed by atoms with Gasteiger partial charge in [0.2, 0.25) is 0 Å². The Kier molecular flexibility index (Phi) is 5.38. The highest BCUT2D eigenvalue weighted by molar-refractivity contribution is 7.16. The summed E-state index contributed by atoms with van der Waals surface area (Å²) in [5, 5.41) is 14.9. The second-order valence-corrected chi connectivity index (χ2v) is 6.48. The smallest absolute Gasteiger partial charge is 0.188 e. The number of methoxy groups -OCH3 is 2. The van der Waals surface area contributed by atoms with Gasteiger partial charge < -0.3 is 24.7 Å². The van der Waals surface area contributed by atoms with E-state index in [2.05, 4.69) is 10.3 Å². The first-order chi connectivity index (χ1) is 12.6. The number of benzene rings is 2. The highest BCUT2D eigenvalue weighted by Gasteiger charge is 2.15. The number of ether oxygens (including phenoxy) is 2. The first-order valence-electron chi connectivity index (χ1n) is 7.84. The van der Waals surface area contributed by atoms with Crippen LogP contribution in [0, 0.1) is 0 Å². The molecule has 0 fully saturated rings. The molecule has 2 aromatic carbocycles. The summed E-state index contributed by atoms with van der Waals surface area (Å²) >= 11 is 1.28. The normalized spacial score (nSPS) is 10.4. The van der Waals surface area contributed by atoms with Gasteiger partial charge in [-0.05, 0) is 12.1 Å². The number of hydrogen-bond acceptors (Lipinski definition) is 7. The second-order valence-electron chi connectivity index (χ2n) is 5.40. The first-order valence-corrected chi connectivity index (χ1v) is 8.66. The van der Waals surface area contributed by atoms with Gasteiger partial charge in [0.25, 0.3) is 0 Å². The molecule has 7 heteroatoms. The summed E-state index contributed by atoms with van der Waals surface area (Å²) in [7, 11) is 3.15. The highest BCUT2D eigenvalue weighted by atomic mass is 32.1. The van der Waals surface area contributed by atoms with Crippen LogP contribution in [0.5, 0.6) is 11.5 Å². The van der Waals surface area contributed by atoms with Gasteiger partial charge in [-0.25, -0.2) is 4.98 Å². The molecule has 0 saturated carbocycles. The lowest BCUT2D eigenvalue weighted by Crippen LogP contribution is -2.24. The molecule has 0 spiro atoms. The van der Waals surface area contributed by atoms with Gasteiger partial charge in [-0.3, -0.25) is 0 Å². The molecule has 6 nitrogen and oxygen atoms in total. The van der Waals surface area contributed by atoms with Crippen LogP contribution < -0.4 is 19.9 Å². The average molecular weight is 369 g/mol. The Morgan fingerprint density at radius 1 is 1.15 bits per heavy atom. The maximum Gasteiger partial charge on any atom is 0.188 e. The van der Waals surface area contributed by atoms with E-state index in [1.807, 2.05) is 36.4 Å². The predicted octanol–water partition coefficient (Wildman–Crippen LogP) is 2.86. The Balaban J connectivity index is 1.96. The number of nitrogens with one attached hydrogen (secondary N) is 1. The van der Waals surface area contributed by atoms with Crippen molar-refractivity contribution in [2.45, 2.75) is 6.42 Å². The molecule has 3 aromatic rings. The fourth-order valence-corrected chi connectivity index (χ4v) is 3.48. The van der Waals surface area contributed by atoms with Gasteiger partial charge in [0.15, 0.2) is 5.13 Å². The molecular formula is C19H17N2O4S-. The number of carboxylic acid groups (broad SMARTS) is 1. The van der Waals surface area contributed by atoms with Gasteiger partial charge in [-0.2, -0.15) is 0 Å². The zero-order valence-corrected chi connectivity index (χ0v) is 15.1. The number of aliphatic carboxylic acids is 1. The van der Waals surface area contributed by atoms with Crippen molar-refractivity contribution in [3.05, 3.63) is 53.4 Å². The van der Waals surface area contributed by atoms with Gasteiger partial charge in [0, 0.05) is 28.9 Å². The van der Waals surface area contributed by atoms with E-state index in [1.54, 1.807) is 26.4 Å². The van der Waals surface area contributed by atoms with Crippen LogP contribution >= 0.6 is 11.3 Å². The molecule has 1 heterocycles. The van der Waals surface area contributed by atoms with E-state index in [4.69, 9.17) is 9.47 Å². The standard InChI is InChI=1S/C19H18N2O4S/c1-24-13-8-9-14(15(10-13)25-2)20-19-21-18(12-6-4-3-5-7-12)16(26-19)11-17(22)23/h3-10H,11H2,1-2H3,(H,20,21)(H,22,23)/p-1. The number of hydrogen-bond donors (Lipinski definition) is 1. The van der Waals surface area contributed by atoms with Crippen molar-refractivity contribution in [1.82, 2.24) is 4.98 Å². The average Bonchev–Trinajstić information content (AvgIpc) is 3.04. The van der Waals surface area contributed by atoms with Crippen LogP contribution in [0.1, 0.15) is 4.88 Å². The minimum atomic E-state index is -1.14. The SMILES string of the molecule is COc1ccc(Nc2nc(-c3ccccc3)c(CC(=O)[O-])s2)c(OC)c1. The third kappa shape index (κ3) is 3.94. The van der Waals surface area contributed by atoms with E-state index in [0.29, 0.717) is 32.9 Å². The topological polar surface area (TPSA) is 83.5 Å². The molecule has 0 aliphatic carbocycles. The van der Waals surface area contributed by atoms with Crippen molar-refractivity contribution in [2.75, 3.05) is 19.5 Å². The number of carbonyl (C=O) groups excluding carboxylic acids is 1. The van der Waals surface area contributed by atoms with Gasteiger partial charge in [0.05, 0.1) is 25.6 Å². The summed E-state index contributed by atoms with van der Waals surface area (Å²) < 4.78 is 10.6. The van der Waals surface area contributed by atoms with E-state index >= 15 is 0 Å². The van der Waals surface area contributed by atoms with Gasteiger partial charge >= 0.3 is 0 Å². The Morgan fingerprint density at radius 3 is 2.58 bits per heavy atom. The van der Waals surface area contributed by atoms with Gasteiger partial charge in [-0.15, -0.1) is 11.3 Å². The molecule has 1 N–H and O–H groups in total. The molecule has 0 unspecified atom stereocenters. The fraction of sp³-hybridized carbons (Fsp3) is 0.158. The Bertz CT molecular complexity index is 909. The molecule has 134 valence electrons. The van der Waals surface area contributed by atoms with E-state index in [0.717, 1.165) is 5.56 Å². The lowest BCUT2D eigenvalue weighted by molar-refractivity contribution is -0.304. The van der Waals surface area contributed by atoms with Crippen LogP contribution in [0.3, 0.4) is 0 Å². The Hall–Kier alpha value is -3.06. The summed E-state index contributed by atoms with van der Waals surface area (Å²) in [5.41, 5.74) is 2.20. The van der Waals surface area contributed by atoms with Gasteiger partial charge in [0.1, 0.15) is 11.5 Å². The molecule has 1 aromatic heterocycles. The van der Waals surface area contributed by atoms with Crippen LogP contribution in [-0.4, -0.2) is 25.2 Å². The van der Waals surface area contributed by atoms with Crippen LogP contribution in [0.15, 0.2) is 48.5 Å². The summed E-state index contributed by atoms with van der Waals surface area (Å²) in [6.07, 6.45) is -0.191. The fourth-order valence-electron chi connectivity index (χ4n) is 2.49. The maximum absolute atomic E-state index is 11.1. The number of aromatic nitrogens is 1. The van der Waals surface area contributed by atoms with Gasteiger partial charge in [-0.1, -0.05) is 30.3 Å². The van der Waals surface area contributed by atoms with Crippen molar-refractivity contribution in [1.29, 1.82) is 0 Å². The van der Waals surface area contributed by atoms with E-state index < -0.39 is 5.97 Å². The van der Waals surface area contributed by atoms with Crippen molar-refractivity contribution in [3.8, 4) is 22.8 Å². The number of anilines is 2. The monoisotopic (exact) mass is 369 g/mol. The van der Waals surface area contributed by atoms with Crippen LogP contribution in [0.2, 0.25) is 0 Å². The number of rotatable bonds is 7. The Morgan fingerprint density at radius 2 is 1.92 bits per heavy atom.